The van der Waals surface area contributed by atoms with Gasteiger partial charge in [-0.1, -0.05) is 25.1 Å². The number of hydrogen-bond acceptors (Lipinski definition) is 2. The minimum absolute atomic E-state index is 0.228. The molecular weight excluding hydrogens is 238 g/mol. The molecule has 1 aromatic carbocycles. The summed E-state index contributed by atoms with van der Waals surface area (Å²) in [6.45, 7) is 9.96. The number of nitrogens with zero attached hydrogens (tertiary/aromatic N) is 1. The van der Waals surface area contributed by atoms with Crippen molar-refractivity contribution in [2.45, 2.75) is 33.7 Å². The summed E-state index contributed by atoms with van der Waals surface area (Å²) >= 11 is 0. The molecule has 3 heteroatoms. The Bertz CT molecular complexity index is 484. The summed E-state index contributed by atoms with van der Waals surface area (Å²) in [5, 5.41) is 9.21. The first-order valence-electron chi connectivity index (χ1n) is 6.94. The first-order valence-corrected chi connectivity index (χ1v) is 6.94. The van der Waals surface area contributed by atoms with Crippen molar-refractivity contribution in [2.24, 2.45) is 11.8 Å². The Kier molecular flexibility index (Phi) is 3.95. The number of carbonyl (C=O) groups is 1. The molecular formula is C16H23NO2. The van der Waals surface area contributed by atoms with Crippen molar-refractivity contribution >= 4 is 5.97 Å². The maximum absolute atomic E-state index is 11.2. The number of carboxylic acids is 1. The fraction of sp³-hybridized carbons (Fsp3) is 0.562. The van der Waals surface area contributed by atoms with E-state index in [0.29, 0.717) is 6.54 Å². The Morgan fingerprint density at radius 2 is 2.00 bits per heavy atom. The van der Waals surface area contributed by atoms with Crippen LogP contribution in [-0.2, 0) is 4.79 Å². The van der Waals surface area contributed by atoms with E-state index in [1.54, 1.807) is 0 Å². The molecule has 104 valence electrons. The normalized spacial score (nSPS) is 25.5. The Morgan fingerprint density at radius 1 is 1.32 bits per heavy atom. The SMILES string of the molecule is Cc1ccc(C(C)N2C[C@@H](C)[C@H](C(=O)O)C2)cc1C. The molecule has 1 fully saturated rings. The highest BCUT2D eigenvalue weighted by atomic mass is 16.4. The van der Waals surface area contributed by atoms with E-state index in [0.717, 1.165) is 6.54 Å². The van der Waals surface area contributed by atoms with Crippen molar-refractivity contribution in [3.63, 3.8) is 0 Å². The van der Waals surface area contributed by atoms with Crippen molar-refractivity contribution in [3.05, 3.63) is 34.9 Å². The van der Waals surface area contributed by atoms with E-state index in [-0.39, 0.29) is 17.9 Å². The van der Waals surface area contributed by atoms with Crippen LogP contribution in [0.3, 0.4) is 0 Å². The van der Waals surface area contributed by atoms with Crippen molar-refractivity contribution in [3.8, 4) is 0 Å². The summed E-state index contributed by atoms with van der Waals surface area (Å²) in [4.78, 5) is 13.5. The Balaban J connectivity index is 2.14. The molecule has 19 heavy (non-hydrogen) atoms. The summed E-state index contributed by atoms with van der Waals surface area (Å²) in [6, 6.07) is 6.81. The third kappa shape index (κ3) is 2.81. The monoisotopic (exact) mass is 261 g/mol. The summed E-state index contributed by atoms with van der Waals surface area (Å²) in [5.74, 6) is -0.664. The van der Waals surface area contributed by atoms with E-state index >= 15 is 0 Å². The van der Waals surface area contributed by atoms with Gasteiger partial charge >= 0.3 is 5.97 Å². The van der Waals surface area contributed by atoms with E-state index in [1.807, 2.05) is 6.92 Å². The third-order valence-electron chi connectivity index (χ3n) is 4.52. The van der Waals surface area contributed by atoms with E-state index in [4.69, 9.17) is 0 Å². The Morgan fingerprint density at radius 3 is 2.53 bits per heavy atom. The van der Waals surface area contributed by atoms with Crippen LogP contribution in [0.5, 0.6) is 0 Å². The smallest absolute Gasteiger partial charge is 0.308 e. The molecule has 1 aliphatic heterocycles. The van der Waals surface area contributed by atoms with Crippen LogP contribution < -0.4 is 0 Å². The number of hydrogen-bond donors (Lipinski definition) is 1. The van der Waals surface area contributed by atoms with Crippen LogP contribution in [0.15, 0.2) is 18.2 Å². The molecule has 1 aromatic rings. The summed E-state index contributed by atoms with van der Waals surface area (Å²) in [6.07, 6.45) is 0. The number of rotatable bonds is 3. The van der Waals surface area contributed by atoms with E-state index in [1.165, 1.54) is 16.7 Å². The standard InChI is InChI=1S/C16H23NO2/c1-10-5-6-14(7-11(10)2)13(4)17-8-12(3)15(9-17)16(18)19/h5-7,12-13,15H,8-9H2,1-4H3,(H,18,19)/t12-,13?,15-/m1/s1. The van der Waals surface area contributed by atoms with Gasteiger partial charge in [0.05, 0.1) is 5.92 Å². The topological polar surface area (TPSA) is 40.5 Å². The quantitative estimate of drug-likeness (QED) is 0.909. The van der Waals surface area contributed by atoms with E-state index in [9.17, 15) is 9.90 Å². The van der Waals surface area contributed by atoms with Crippen LogP contribution in [0.25, 0.3) is 0 Å². The van der Waals surface area contributed by atoms with Crippen LogP contribution >= 0.6 is 0 Å². The lowest BCUT2D eigenvalue weighted by Gasteiger charge is -2.25. The van der Waals surface area contributed by atoms with Gasteiger partial charge in [-0.25, -0.2) is 0 Å². The van der Waals surface area contributed by atoms with Crippen molar-refractivity contribution in [1.29, 1.82) is 0 Å². The molecule has 2 rings (SSSR count). The molecule has 0 saturated carbocycles. The fourth-order valence-corrected chi connectivity index (χ4v) is 2.88. The van der Waals surface area contributed by atoms with Gasteiger partial charge in [-0.2, -0.15) is 0 Å². The highest BCUT2D eigenvalue weighted by molar-refractivity contribution is 5.71. The molecule has 0 radical (unpaired) electrons. The maximum Gasteiger partial charge on any atom is 0.308 e. The largest absolute Gasteiger partial charge is 0.481 e. The number of aryl methyl sites for hydroxylation is 2. The van der Waals surface area contributed by atoms with Crippen molar-refractivity contribution in [2.75, 3.05) is 13.1 Å². The second-order valence-corrected chi connectivity index (χ2v) is 5.90. The molecule has 0 aromatic heterocycles. The van der Waals surface area contributed by atoms with Gasteiger partial charge in [0.2, 0.25) is 0 Å². The molecule has 0 amide bonds. The molecule has 3 atom stereocenters. The molecule has 0 spiro atoms. The number of likely N-dealkylation sites (tertiary alicyclic amines) is 1. The molecule has 0 aliphatic carbocycles. The zero-order chi connectivity index (χ0) is 14.2. The number of carboxylic acid groups (broad SMARTS) is 1. The van der Waals surface area contributed by atoms with Crippen LogP contribution in [0.2, 0.25) is 0 Å². The van der Waals surface area contributed by atoms with Gasteiger partial charge in [0, 0.05) is 19.1 Å². The van der Waals surface area contributed by atoms with Crippen molar-refractivity contribution in [1.82, 2.24) is 4.90 Å². The van der Waals surface area contributed by atoms with Crippen LogP contribution in [0.4, 0.5) is 0 Å². The van der Waals surface area contributed by atoms with Crippen LogP contribution in [-0.4, -0.2) is 29.1 Å². The average molecular weight is 261 g/mol. The maximum atomic E-state index is 11.2. The number of aliphatic carboxylic acids is 1. The van der Waals surface area contributed by atoms with E-state index < -0.39 is 5.97 Å². The Hall–Kier alpha value is -1.35. The van der Waals surface area contributed by atoms with E-state index in [2.05, 4.69) is 43.9 Å². The summed E-state index contributed by atoms with van der Waals surface area (Å²) < 4.78 is 0. The van der Waals surface area contributed by atoms with Gasteiger partial charge in [0.25, 0.3) is 0 Å². The van der Waals surface area contributed by atoms with Gasteiger partial charge in [-0.3, -0.25) is 9.69 Å². The van der Waals surface area contributed by atoms with Crippen LogP contribution in [0, 0.1) is 25.7 Å². The highest BCUT2D eigenvalue weighted by Gasteiger charge is 2.36. The lowest BCUT2D eigenvalue weighted by atomic mass is 9.99. The predicted molar refractivity (Wildman–Crippen MR) is 76.2 cm³/mol. The lowest BCUT2D eigenvalue weighted by molar-refractivity contribution is -0.142. The molecule has 3 nitrogen and oxygen atoms in total. The number of benzene rings is 1. The lowest BCUT2D eigenvalue weighted by Crippen LogP contribution is -2.26. The van der Waals surface area contributed by atoms with Gasteiger partial charge in [0.15, 0.2) is 0 Å². The first kappa shape index (κ1) is 14.1. The first-order chi connectivity index (χ1) is 8.90. The second-order valence-electron chi connectivity index (χ2n) is 5.90. The van der Waals surface area contributed by atoms with Crippen molar-refractivity contribution < 1.29 is 9.90 Å². The summed E-state index contributed by atoms with van der Waals surface area (Å²) in [7, 11) is 0. The van der Waals surface area contributed by atoms with Crippen LogP contribution in [0.1, 0.15) is 36.6 Å². The van der Waals surface area contributed by atoms with Gasteiger partial charge < -0.3 is 5.11 Å². The molecule has 1 aliphatic rings. The molecule has 0 bridgehead atoms. The zero-order valence-corrected chi connectivity index (χ0v) is 12.2. The molecule has 1 unspecified atom stereocenters. The van der Waals surface area contributed by atoms with Gasteiger partial charge in [0.1, 0.15) is 0 Å². The molecule has 1 N–H and O–H groups in total. The predicted octanol–water partition coefficient (Wildman–Crippen LogP) is 3.02. The minimum atomic E-state index is -0.665. The van der Waals surface area contributed by atoms with Gasteiger partial charge in [-0.05, 0) is 43.4 Å². The highest BCUT2D eigenvalue weighted by Crippen LogP contribution is 2.31. The zero-order valence-electron chi connectivity index (χ0n) is 12.2. The third-order valence-corrected chi connectivity index (χ3v) is 4.52. The fourth-order valence-electron chi connectivity index (χ4n) is 2.88. The average Bonchev–Trinajstić information content (AvgIpc) is 2.74. The molecule has 1 saturated heterocycles. The van der Waals surface area contributed by atoms with Gasteiger partial charge in [-0.15, -0.1) is 0 Å². The summed E-state index contributed by atoms with van der Waals surface area (Å²) in [5.41, 5.74) is 3.88. The minimum Gasteiger partial charge on any atom is -0.481 e. The second kappa shape index (κ2) is 5.33. The Labute approximate surface area is 115 Å². The molecule has 1 heterocycles.